The lowest BCUT2D eigenvalue weighted by atomic mass is 9.74. The van der Waals surface area contributed by atoms with E-state index in [-0.39, 0.29) is 23.1 Å². The molecule has 11 heteroatoms. The van der Waals surface area contributed by atoms with Crippen LogP contribution in [0.3, 0.4) is 0 Å². The number of carbonyl (C=O) groups is 2. The van der Waals surface area contributed by atoms with Gasteiger partial charge in [0.15, 0.2) is 0 Å². The molecule has 0 atom stereocenters. The molecular weight excluding hydrogens is 474 g/mol. The van der Waals surface area contributed by atoms with Crippen LogP contribution >= 0.6 is 0 Å². The van der Waals surface area contributed by atoms with E-state index in [1.165, 1.54) is 0 Å². The van der Waals surface area contributed by atoms with E-state index in [2.05, 4.69) is 32.7 Å². The maximum absolute atomic E-state index is 12.8. The number of anilines is 2. The van der Waals surface area contributed by atoms with Crippen molar-refractivity contribution in [2.75, 3.05) is 32.6 Å². The van der Waals surface area contributed by atoms with Gasteiger partial charge in [-0.05, 0) is 63.0 Å². The van der Waals surface area contributed by atoms with E-state index in [1.807, 2.05) is 13.8 Å². The number of ether oxygens (including phenoxy) is 1. The third-order valence-electron chi connectivity index (χ3n) is 7.14. The molecule has 0 bridgehead atoms. The van der Waals surface area contributed by atoms with Gasteiger partial charge in [-0.25, -0.2) is 9.97 Å². The molecule has 1 aromatic carbocycles. The Kier molecular flexibility index (Phi) is 6.32. The quantitative estimate of drug-likeness (QED) is 0.460. The second kappa shape index (κ2) is 9.47. The highest BCUT2D eigenvalue weighted by molar-refractivity contribution is 5.96. The third kappa shape index (κ3) is 4.74. The molecule has 194 valence electrons. The van der Waals surface area contributed by atoms with E-state index in [0.717, 1.165) is 31.5 Å². The van der Waals surface area contributed by atoms with Gasteiger partial charge in [0.1, 0.15) is 17.1 Å². The Morgan fingerprint density at radius 3 is 2.68 bits per heavy atom. The molecule has 3 aromatic rings. The molecule has 0 spiro atoms. The summed E-state index contributed by atoms with van der Waals surface area (Å²) in [6.45, 7) is 6.02. The summed E-state index contributed by atoms with van der Waals surface area (Å²) in [5, 5.41) is 10.4. The lowest BCUT2D eigenvalue weighted by molar-refractivity contribution is 0.0915. The minimum Gasteiger partial charge on any atom is -0.495 e. The first-order valence-electron chi connectivity index (χ1n) is 12.3. The number of rotatable bonds is 6. The number of primary amides is 1. The first kappa shape index (κ1) is 24.7. The number of piperidine rings is 1. The molecule has 3 heterocycles. The molecule has 5 rings (SSSR count). The Bertz CT molecular complexity index is 1360. The molecule has 1 saturated heterocycles. The molecule has 2 amide bonds. The summed E-state index contributed by atoms with van der Waals surface area (Å²) in [4.78, 5) is 36.1. The number of aromatic nitrogens is 3. The van der Waals surface area contributed by atoms with Crippen LogP contribution in [0.15, 0.2) is 28.9 Å². The number of amides is 2. The largest absolute Gasteiger partial charge is 0.495 e. The second-order valence-electron chi connectivity index (χ2n) is 10.3. The fourth-order valence-electron chi connectivity index (χ4n) is 4.99. The SMILES string of the molecule is COc1cc(C(=O)NC2CCN(C)CC2)ccc1Nc1ncc2c(n1)-c1noc(C(N)=O)c1CC2(C)C. The Balaban J connectivity index is 1.39. The van der Waals surface area contributed by atoms with E-state index in [4.69, 9.17) is 20.0 Å². The number of nitrogens with two attached hydrogens (primary N) is 1. The molecule has 2 aromatic heterocycles. The number of hydrogen-bond donors (Lipinski definition) is 3. The van der Waals surface area contributed by atoms with Gasteiger partial charge in [-0.3, -0.25) is 9.59 Å². The average Bonchev–Trinajstić information content (AvgIpc) is 3.29. The van der Waals surface area contributed by atoms with Crippen molar-refractivity contribution in [1.29, 1.82) is 0 Å². The van der Waals surface area contributed by atoms with Crippen LogP contribution in [0.5, 0.6) is 5.75 Å². The van der Waals surface area contributed by atoms with Crippen LogP contribution in [0.25, 0.3) is 11.4 Å². The Labute approximate surface area is 214 Å². The zero-order valence-electron chi connectivity index (χ0n) is 21.4. The van der Waals surface area contributed by atoms with Crippen molar-refractivity contribution in [3.05, 3.63) is 46.8 Å². The van der Waals surface area contributed by atoms with Gasteiger partial charge in [0.25, 0.3) is 11.8 Å². The number of likely N-dealkylation sites (tertiary alicyclic amines) is 1. The summed E-state index contributed by atoms with van der Waals surface area (Å²) in [5.41, 5.74) is 8.85. The smallest absolute Gasteiger partial charge is 0.287 e. The van der Waals surface area contributed by atoms with Crippen LogP contribution in [0.2, 0.25) is 0 Å². The van der Waals surface area contributed by atoms with Crippen LogP contribution in [0, 0.1) is 0 Å². The van der Waals surface area contributed by atoms with E-state index >= 15 is 0 Å². The van der Waals surface area contributed by atoms with Crippen molar-refractivity contribution in [3.63, 3.8) is 0 Å². The lowest BCUT2D eigenvalue weighted by Gasteiger charge is -2.30. The summed E-state index contributed by atoms with van der Waals surface area (Å²) in [6.07, 6.45) is 4.14. The van der Waals surface area contributed by atoms with Gasteiger partial charge in [0.05, 0.1) is 12.8 Å². The van der Waals surface area contributed by atoms with Gasteiger partial charge >= 0.3 is 0 Å². The zero-order chi connectivity index (χ0) is 26.3. The van der Waals surface area contributed by atoms with Crippen molar-refractivity contribution in [1.82, 2.24) is 25.3 Å². The molecule has 0 radical (unpaired) electrons. The van der Waals surface area contributed by atoms with Gasteiger partial charge < -0.3 is 30.5 Å². The Morgan fingerprint density at radius 1 is 1.22 bits per heavy atom. The van der Waals surface area contributed by atoms with Crippen LogP contribution in [-0.4, -0.2) is 65.1 Å². The van der Waals surface area contributed by atoms with Gasteiger partial charge in [0.2, 0.25) is 11.7 Å². The number of benzene rings is 1. The van der Waals surface area contributed by atoms with Crippen molar-refractivity contribution >= 4 is 23.5 Å². The molecule has 0 unspecified atom stereocenters. The first-order chi connectivity index (χ1) is 17.7. The fourth-order valence-corrected chi connectivity index (χ4v) is 4.99. The number of nitrogens with one attached hydrogen (secondary N) is 2. The van der Waals surface area contributed by atoms with Crippen LogP contribution in [-0.2, 0) is 11.8 Å². The number of methoxy groups -OCH3 is 1. The predicted octanol–water partition coefficient (Wildman–Crippen LogP) is 2.64. The van der Waals surface area contributed by atoms with E-state index in [9.17, 15) is 9.59 Å². The standard InChI is InChI=1S/C26H31N7O4/c1-26(2)12-16-20(32-37-22(16)23(27)34)21-17(26)13-28-25(31-21)30-18-6-5-14(11-19(18)36-4)24(35)29-15-7-9-33(3)10-8-15/h5-6,11,13,15H,7-10,12H2,1-4H3,(H2,27,34)(H,29,35)(H,28,30,31). The lowest BCUT2D eigenvalue weighted by Crippen LogP contribution is -2.43. The summed E-state index contributed by atoms with van der Waals surface area (Å²) in [7, 11) is 3.63. The predicted molar refractivity (Wildman–Crippen MR) is 137 cm³/mol. The molecule has 2 aliphatic rings. The normalized spacial score (nSPS) is 17.0. The molecule has 37 heavy (non-hydrogen) atoms. The zero-order valence-corrected chi connectivity index (χ0v) is 21.4. The van der Waals surface area contributed by atoms with E-state index in [1.54, 1.807) is 31.5 Å². The van der Waals surface area contributed by atoms with E-state index < -0.39 is 5.91 Å². The third-order valence-corrected chi connectivity index (χ3v) is 7.14. The first-order valence-corrected chi connectivity index (χ1v) is 12.3. The number of hydrogen-bond acceptors (Lipinski definition) is 9. The maximum Gasteiger partial charge on any atom is 0.287 e. The molecule has 1 aliphatic heterocycles. The minimum atomic E-state index is -0.662. The summed E-state index contributed by atoms with van der Waals surface area (Å²) in [5.74, 6) is 0.0573. The van der Waals surface area contributed by atoms with Gasteiger partial charge in [-0.2, -0.15) is 0 Å². The van der Waals surface area contributed by atoms with Crippen molar-refractivity contribution in [2.24, 2.45) is 5.73 Å². The summed E-state index contributed by atoms with van der Waals surface area (Å²) >= 11 is 0. The molecular formula is C26H31N7O4. The van der Waals surface area contributed by atoms with Gasteiger partial charge in [-0.1, -0.05) is 19.0 Å². The summed E-state index contributed by atoms with van der Waals surface area (Å²) in [6, 6.07) is 5.37. The van der Waals surface area contributed by atoms with Crippen LogP contribution < -0.4 is 21.1 Å². The molecule has 0 saturated carbocycles. The number of fused-ring (bicyclic) bond motifs is 3. The molecule has 4 N–H and O–H groups in total. The Hall–Kier alpha value is -3.99. The second-order valence-corrected chi connectivity index (χ2v) is 10.3. The molecule has 1 fully saturated rings. The monoisotopic (exact) mass is 505 g/mol. The highest BCUT2D eigenvalue weighted by Gasteiger charge is 2.38. The van der Waals surface area contributed by atoms with Crippen molar-refractivity contribution < 1.29 is 18.8 Å². The van der Waals surface area contributed by atoms with Crippen LogP contribution in [0.4, 0.5) is 11.6 Å². The highest BCUT2D eigenvalue weighted by atomic mass is 16.5. The van der Waals surface area contributed by atoms with Gasteiger partial charge in [0, 0.05) is 28.9 Å². The molecule has 11 nitrogen and oxygen atoms in total. The Morgan fingerprint density at radius 2 is 1.97 bits per heavy atom. The number of nitrogens with zero attached hydrogens (tertiary/aromatic N) is 4. The topological polar surface area (TPSA) is 148 Å². The highest BCUT2D eigenvalue weighted by Crippen LogP contribution is 2.43. The van der Waals surface area contributed by atoms with E-state index in [0.29, 0.717) is 46.3 Å². The fraction of sp³-hybridized carbons (Fsp3) is 0.423. The van der Waals surface area contributed by atoms with Crippen molar-refractivity contribution in [3.8, 4) is 17.1 Å². The average molecular weight is 506 g/mol. The molecule has 1 aliphatic carbocycles. The summed E-state index contributed by atoms with van der Waals surface area (Å²) < 4.78 is 10.8. The van der Waals surface area contributed by atoms with Crippen molar-refractivity contribution in [2.45, 2.75) is 44.6 Å². The van der Waals surface area contributed by atoms with Gasteiger partial charge in [-0.15, -0.1) is 0 Å². The van der Waals surface area contributed by atoms with Crippen LogP contribution in [0.1, 0.15) is 58.7 Å². The maximum atomic E-state index is 12.8. The minimum absolute atomic E-state index is 0.0534. The number of carbonyl (C=O) groups excluding carboxylic acids is 2.